The van der Waals surface area contributed by atoms with E-state index in [0.29, 0.717) is 0 Å². The summed E-state index contributed by atoms with van der Waals surface area (Å²) >= 11 is 0. The lowest BCUT2D eigenvalue weighted by Gasteiger charge is -2.20. The maximum Gasteiger partial charge on any atom is 0.117 e. The van der Waals surface area contributed by atoms with Gasteiger partial charge in [-0.2, -0.15) is 0 Å². The van der Waals surface area contributed by atoms with Crippen molar-refractivity contribution in [2.45, 2.75) is 46.2 Å². The van der Waals surface area contributed by atoms with Crippen LogP contribution in [0.15, 0.2) is 16.5 Å². The van der Waals surface area contributed by atoms with E-state index < -0.39 is 0 Å². The van der Waals surface area contributed by atoms with E-state index in [0.717, 1.165) is 37.6 Å². The van der Waals surface area contributed by atoms with Crippen LogP contribution in [0.4, 0.5) is 0 Å². The van der Waals surface area contributed by atoms with E-state index in [9.17, 15) is 0 Å². The number of hydrogen-bond donors (Lipinski definition) is 2. The molecule has 0 aromatic carbocycles. The molecule has 2 N–H and O–H groups in total. The second kappa shape index (κ2) is 6.06. The zero-order valence-electron chi connectivity index (χ0n) is 10.9. The van der Waals surface area contributed by atoms with E-state index in [2.05, 4.69) is 38.3 Å². The van der Waals surface area contributed by atoms with Gasteiger partial charge in [0.2, 0.25) is 0 Å². The van der Waals surface area contributed by atoms with Crippen LogP contribution in [0, 0.1) is 0 Å². The van der Waals surface area contributed by atoms with Crippen molar-refractivity contribution in [3.05, 3.63) is 23.7 Å². The summed E-state index contributed by atoms with van der Waals surface area (Å²) in [5.41, 5.74) is 0.196. The van der Waals surface area contributed by atoms with Gasteiger partial charge < -0.3 is 15.1 Å². The Kier molecular flexibility index (Phi) is 5.03. The quantitative estimate of drug-likeness (QED) is 0.728. The van der Waals surface area contributed by atoms with Gasteiger partial charge in [0, 0.05) is 25.0 Å². The second-order valence-electron chi connectivity index (χ2n) is 5.08. The minimum Gasteiger partial charge on any atom is -0.465 e. The molecule has 0 radical (unpaired) electrons. The molecule has 0 amide bonds. The summed E-state index contributed by atoms with van der Waals surface area (Å²) in [6.07, 6.45) is 0.964. The number of hydrogen-bond acceptors (Lipinski definition) is 3. The molecule has 0 saturated heterocycles. The van der Waals surface area contributed by atoms with Crippen LogP contribution in [0.3, 0.4) is 0 Å². The Morgan fingerprint density at radius 2 is 1.81 bits per heavy atom. The molecule has 0 atom stereocenters. The van der Waals surface area contributed by atoms with Crippen molar-refractivity contribution in [2.75, 3.05) is 13.1 Å². The topological polar surface area (TPSA) is 37.2 Å². The molecule has 1 rings (SSSR count). The maximum atomic E-state index is 5.60. The highest BCUT2D eigenvalue weighted by molar-refractivity contribution is 5.06. The number of rotatable bonds is 6. The molecule has 0 aliphatic heterocycles. The zero-order valence-corrected chi connectivity index (χ0v) is 10.9. The molecule has 92 valence electrons. The average molecular weight is 224 g/mol. The molecule has 1 aromatic heterocycles. The minimum atomic E-state index is 0.196. The van der Waals surface area contributed by atoms with Crippen molar-refractivity contribution in [1.29, 1.82) is 0 Å². The predicted molar refractivity (Wildman–Crippen MR) is 67.5 cm³/mol. The van der Waals surface area contributed by atoms with Gasteiger partial charge >= 0.3 is 0 Å². The zero-order chi connectivity index (χ0) is 12.0. The Morgan fingerprint density at radius 3 is 2.38 bits per heavy atom. The first-order chi connectivity index (χ1) is 7.51. The SMILES string of the molecule is CCc1ccc(CNCCNC(C)(C)C)o1. The fourth-order valence-corrected chi connectivity index (χ4v) is 1.44. The molecular weight excluding hydrogens is 200 g/mol. The lowest BCUT2D eigenvalue weighted by atomic mass is 10.1. The van der Waals surface area contributed by atoms with Gasteiger partial charge in [-0.15, -0.1) is 0 Å². The van der Waals surface area contributed by atoms with Crippen LogP contribution in [0.2, 0.25) is 0 Å². The molecule has 0 unspecified atom stereocenters. The van der Waals surface area contributed by atoms with Gasteiger partial charge in [0.15, 0.2) is 0 Å². The summed E-state index contributed by atoms with van der Waals surface area (Å²) in [6.45, 7) is 11.4. The average Bonchev–Trinajstić information content (AvgIpc) is 2.63. The van der Waals surface area contributed by atoms with Gasteiger partial charge in [0.25, 0.3) is 0 Å². The molecular formula is C13H24N2O. The highest BCUT2D eigenvalue weighted by atomic mass is 16.3. The van der Waals surface area contributed by atoms with Gasteiger partial charge in [0.05, 0.1) is 6.54 Å². The van der Waals surface area contributed by atoms with E-state index in [1.165, 1.54) is 0 Å². The first kappa shape index (κ1) is 13.3. The Bertz CT molecular complexity index is 299. The monoisotopic (exact) mass is 224 g/mol. The molecule has 1 aromatic rings. The first-order valence-corrected chi connectivity index (χ1v) is 6.04. The van der Waals surface area contributed by atoms with Crippen molar-refractivity contribution < 1.29 is 4.42 Å². The summed E-state index contributed by atoms with van der Waals surface area (Å²) in [5, 5.41) is 6.79. The molecule has 1 heterocycles. The third-order valence-electron chi connectivity index (χ3n) is 2.32. The Hall–Kier alpha value is -0.800. The van der Waals surface area contributed by atoms with Crippen molar-refractivity contribution >= 4 is 0 Å². The van der Waals surface area contributed by atoms with Gasteiger partial charge in [-0.25, -0.2) is 0 Å². The fraction of sp³-hybridized carbons (Fsp3) is 0.692. The van der Waals surface area contributed by atoms with Gasteiger partial charge in [-0.1, -0.05) is 6.92 Å². The van der Waals surface area contributed by atoms with E-state index in [1.807, 2.05) is 12.1 Å². The van der Waals surface area contributed by atoms with Crippen LogP contribution in [-0.2, 0) is 13.0 Å². The van der Waals surface area contributed by atoms with E-state index in [1.54, 1.807) is 0 Å². The second-order valence-corrected chi connectivity index (χ2v) is 5.08. The van der Waals surface area contributed by atoms with E-state index in [-0.39, 0.29) is 5.54 Å². The van der Waals surface area contributed by atoms with Crippen LogP contribution in [-0.4, -0.2) is 18.6 Å². The van der Waals surface area contributed by atoms with Crippen LogP contribution in [0.5, 0.6) is 0 Å². The summed E-state index contributed by atoms with van der Waals surface area (Å²) in [7, 11) is 0. The van der Waals surface area contributed by atoms with Crippen LogP contribution < -0.4 is 10.6 Å². The highest BCUT2D eigenvalue weighted by Crippen LogP contribution is 2.07. The molecule has 0 saturated carbocycles. The molecule has 0 aliphatic carbocycles. The molecule has 0 spiro atoms. The van der Waals surface area contributed by atoms with Crippen LogP contribution in [0.1, 0.15) is 39.2 Å². The number of furan rings is 1. The summed E-state index contributed by atoms with van der Waals surface area (Å²) in [4.78, 5) is 0. The lowest BCUT2D eigenvalue weighted by molar-refractivity contribution is 0.411. The minimum absolute atomic E-state index is 0.196. The Morgan fingerprint density at radius 1 is 1.12 bits per heavy atom. The molecule has 0 fully saturated rings. The van der Waals surface area contributed by atoms with E-state index in [4.69, 9.17) is 4.42 Å². The highest BCUT2D eigenvalue weighted by Gasteiger charge is 2.07. The van der Waals surface area contributed by atoms with Gasteiger partial charge in [-0.3, -0.25) is 0 Å². The van der Waals surface area contributed by atoms with Gasteiger partial charge in [-0.05, 0) is 32.9 Å². The normalized spacial score (nSPS) is 12.0. The third-order valence-corrected chi connectivity index (χ3v) is 2.32. The molecule has 0 bridgehead atoms. The number of nitrogens with one attached hydrogen (secondary N) is 2. The summed E-state index contributed by atoms with van der Waals surface area (Å²) < 4.78 is 5.60. The van der Waals surface area contributed by atoms with E-state index >= 15 is 0 Å². The molecule has 0 aliphatic rings. The fourth-order valence-electron chi connectivity index (χ4n) is 1.44. The summed E-state index contributed by atoms with van der Waals surface area (Å²) in [6, 6.07) is 4.09. The maximum absolute atomic E-state index is 5.60. The molecule has 3 nitrogen and oxygen atoms in total. The third kappa shape index (κ3) is 5.33. The Labute approximate surface area is 98.6 Å². The van der Waals surface area contributed by atoms with Crippen molar-refractivity contribution in [2.24, 2.45) is 0 Å². The molecule has 3 heteroatoms. The largest absolute Gasteiger partial charge is 0.465 e. The van der Waals surface area contributed by atoms with Gasteiger partial charge in [0.1, 0.15) is 11.5 Å². The predicted octanol–water partition coefficient (Wildman–Crippen LogP) is 2.32. The summed E-state index contributed by atoms with van der Waals surface area (Å²) in [5.74, 6) is 2.08. The van der Waals surface area contributed by atoms with Crippen LogP contribution in [0.25, 0.3) is 0 Å². The smallest absolute Gasteiger partial charge is 0.117 e. The van der Waals surface area contributed by atoms with Crippen molar-refractivity contribution in [1.82, 2.24) is 10.6 Å². The first-order valence-electron chi connectivity index (χ1n) is 6.04. The Balaban J connectivity index is 2.11. The van der Waals surface area contributed by atoms with Crippen molar-refractivity contribution in [3.63, 3.8) is 0 Å². The number of aryl methyl sites for hydroxylation is 1. The van der Waals surface area contributed by atoms with Crippen molar-refractivity contribution in [3.8, 4) is 0 Å². The van der Waals surface area contributed by atoms with Crippen LogP contribution >= 0.6 is 0 Å². The molecule has 16 heavy (non-hydrogen) atoms. The lowest BCUT2D eigenvalue weighted by Crippen LogP contribution is -2.40. The standard InChI is InChI=1S/C13H24N2O/c1-5-11-6-7-12(16-11)10-14-8-9-15-13(2,3)4/h6-7,14-15H,5,8-10H2,1-4H3.